The molecule has 2 atom stereocenters. The molecule has 0 saturated heterocycles. The summed E-state index contributed by atoms with van der Waals surface area (Å²) in [4.78, 5) is 51.2. The molecule has 0 radical (unpaired) electrons. The maximum absolute atomic E-state index is 13.3. The van der Waals surface area contributed by atoms with Gasteiger partial charge in [0.05, 0.1) is 7.11 Å². The summed E-state index contributed by atoms with van der Waals surface area (Å²) in [5, 5.41) is 0. The molecule has 0 amide bonds. The average Bonchev–Trinajstić information content (AvgIpc) is 2.83. The van der Waals surface area contributed by atoms with E-state index in [1.807, 2.05) is 0 Å². The van der Waals surface area contributed by atoms with Gasteiger partial charge in [-0.05, 0) is 25.5 Å². The molecule has 1 aromatic heterocycles. The second-order valence-corrected chi connectivity index (χ2v) is 9.25. The number of nitrogens with zero attached hydrogens (tertiary/aromatic N) is 2. The lowest BCUT2D eigenvalue weighted by Gasteiger charge is -2.28. The first-order valence-corrected chi connectivity index (χ1v) is 11.6. The highest BCUT2D eigenvalue weighted by atomic mass is 31.2. The predicted molar refractivity (Wildman–Crippen MR) is 118 cm³/mol. The highest BCUT2D eigenvalue weighted by Gasteiger charge is 2.44. The van der Waals surface area contributed by atoms with E-state index in [0.29, 0.717) is 11.0 Å². The average molecular weight is 482 g/mol. The predicted octanol–water partition coefficient (Wildman–Crippen LogP) is 2.31. The van der Waals surface area contributed by atoms with Gasteiger partial charge in [0.1, 0.15) is 6.23 Å². The van der Waals surface area contributed by atoms with Crippen molar-refractivity contribution in [3.8, 4) is 0 Å². The molecule has 0 saturated carbocycles. The summed E-state index contributed by atoms with van der Waals surface area (Å²) in [6, 6.07) is 7.84. The molecule has 180 valence electrons. The Kier molecular flexibility index (Phi) is 9.07. The molecular formula is C21H27N2O9P. The molecule has 0 fully saturated rings. The Bertz CT molecular complexity index is 1150. The number of aryl methyl sites for hydroxylation is 1. The van der Waals surface area contributed by atoms with Crippen molar-refractivity contribution in [3.05, 3.63) is 68.5 Å². The highest BCUT2D eigenvalue weighted by molar-refractivity contribution is 7.55. The van der Waals surface area contributed by atoms with E-state index in [-0.39, 0.29) is 17.5 Å². The zero-order valence-electron chi connectivity index (χ0n) is 19.0. The van der Waals surface area contributed by atoms with Crippen molar-refractivity contribution < 1.29 is 32.7 Å². The van der Waals surface area contributed by atoms with E-state index in [4.69, 9.17) is 13.8 Å². The fraction of sp³-hybridized carbons (Fsp3) is 0.429. The van der Waals surface area contributed by atoms with E-state index in [1.54, 1.807) is 25.1 Å². The van der Waals surface area contributed by atoms with Crippen LogP contribution < -0.4 is 11.2 Å². The van der Waals surface area contributed by atoms with E-state index < -0.39 is 42.8 Å². The van der Waals surface area contributed by atoms with E-state index in [9.17, 15) is 23.7 Å². The molecule has 12 heteroatoms. The second-order valence-electron chi connectivity index (χ2n) is 6.97. The van der Waals surface area contributed by atoms with Gasteiger partial charge in [-0.1, -0.05) is 31.5 Å². The van der Waals surface area contributed by atoms with Crippen LogP contribution in [-0.4, -0.2) is 48.2 Å². The summed E-state index contributed by atoms with van der Waals surface area (Å²) in [5.41, 5.74) is -1.55. The van der Waals surface area contributed by atoms with E-state index in [0.717, 1.165) is 25.9 Å². The fourth-order valence-electron chi connectivity index (χ4n) is 3.09. The van der Waals surface area contributed by atoms with Gasteiger partial charge in [-0.3, -0.25) is 18.7 Å². The summed E-state index contributed by atoms with van der Waals surface area (Å²) in [6.07, 6.45) is 0.663. The Morgan fingerprint density at radius 1 is 1.06 bits per heavy atom. The Labute approximate surface area is 190 Å². The molecule has 0 spiro atoms. The SMILES string of the molecule is CCCC(OC(C(=O)OC)P(=O)(OC)OC)n1cc(C)c(=O)n(C(=O)c2ccccc2)c1=O. The number of aromatic nitrogens is 2. The molecule has 1 heterocycles. The number of rotatable bonds is 10. The maximum Gasteiger partial charge on any atom is 0.370 e. The van der Waals surface area contributed by atoms with Crippen molar-refractivity contribution in [1.82, 2.24) is 9.13 Å². The van der Waals surface area contributed by atoms with Gasteiger partial charge in [0.15, 0.2) is 0 Å². The minimum Gasteiger partial charge on any atom is -0.467 e. The van der Waals surface area contributed by atoms with Gasteiger partial charge < -0.3 is 18.5 Å². The minimum atomic E-state index is -4.12. The van der Waals surface area contributed by atoms with Crippen LogP contribution in [0.25, 0.3) is 0 Å². The van der Waals surface area contributed by atoms with Gasteiger partial charge in [0, 0.05) is 31.5 Å². The zero-order chi connectivity index (χ0) is 24.8. The van der Waals surface area contributed by atoms with Crippen LogP contribution in [0.2, 0.25) is 0 Å². The molecule has 1 aromatic carbocycles. The van der Waals surface area contributed by atoms with Gasteiger partial charge in [0.2, 0.25) is 0 Å². The summed E-state index contributed by atoms with van der Waals surface area (Å²) in [7, 11) is -0.904. The van der Waals surface area contributed by atoms with Crippen molar-refractivity contribution in [2.24, 2.45) is 0 Å². The van der Waals surface area contributed by atoms with Gasteiger partial charge in [-0.15, -0.1) is 0 Å². The number of esters is 1. The summed E-state index contributed by atoms with van der Waals surface area (Å²) >= 11 is 0. The summed E-state index contributed by atoms with van der Waals surface area (Å²) < 4.78 is 34.6. The third-order valence-electron chi connectivity index (χ3n) is 4.84. The van der Waals surface area contributed by atoms with Gasteiger partial charge >= 0.3 is 19.3 Å². The minimum absolute atomic E-state index is 0.0832. The van der Waals surface area contributed by atoms with Crippen molar-refractivity contribution in [1.29, 1.82) is 0 Å². The summed E-state index contributed by atoms with van der Waals surface area (Å²) in [6.45, 7) is 3.22. The van der Waals surface area contributed by atoms with Crippen LogP contribution >= 0.6 is 7.60 Å². The topological polar surface area (TPSA) is 132 Å². The molecule has 11 nitrogen and oxygen atoms in total. The molecule has 0 aliphatic rings. The first-order chi connectivity index (χ1) is 15.6. The van der Waals surface area contributed by atoms with Gasteiger partial charge in [-0.2, -0.15) is 4.57 Å². The molecule has 0 bridgehead atoms. The fourth-order valence-corrected chi connectivity index (χ4v) is 4.27. The second kappa shape index (κ2) is 11.3. The van der Waals surface area contributed by atoms with Crippen molar-refractivity contribution >= 4 is 19.5 Å². The number of benzene rings is 1. The van der Waals surface area contributed by atoms with Gasteiger partial charge in [0.25, 0.3) is 17.3 Å². The molecular weight excluding hydrogens is 455 g/mol. The number of hydrogen-bond donors (Lipinski definition) is 0. The third kappa shape index (κ3) is 5.56. The number of hydrogen-bond acceptors (Lipinski definition) is 9. The molecule has 33 heavy (non-hydrogen) atoms. The Morgan fingerprint density at radius 3 is 2.18 bits per heavy atom. The summed E-state index contributed by atoms with van der Waals surface area (Å²) in [5.74, 6) is -3.67. The maximum atomic E-state index is 13.3. The smallest absolute Gasteiger partial charge is 0.370 e. The van der Waals surface area contributed by atoms with E-state index in [1.165, 1.54) is 25.3 Å². The Morgan fingerprint density at radius 2 is 1.67 bits per heavy atom. The first kappa shape index (κ1) is 26.4. The quantitative estimate of drug-likeness (QED) is 0.370. The van der Waals surface area contributed by atoms with Crippen LogP contribution in [0.1, 0.15) is 41.9 Å². The number of ether oxygens (including phenoxy) is 2. The van der Waals surface area contributed by atoms with Crippen molar-refractivity contribution in [2.75, 3.05) is 21.3 Å². The van der Waals surface area contributed by atoms with Crippen LogP contribution in [0.4, 0.5) is 0 Å². The van der Waals surface area contributed by atoms with Crippen molar-refractivity contribution in [2.45, 2.75) is 38.8 Å². The van der Waals surface area contributed by atoms with Crippen LogP contribution in [-0.2, 0) is 27.9 Å². The lowest BCUT2D eigenvalue weighted by Crippen LogP contribution is -2.46. The largest absolute Gasteiger partial charge is 0.467 e. The van der Waals surface area contributed by atoms with E-state index >= 15 is 0 Å². The molecule has 0 aliphatic carbocycles. The highest BCUT2D eigenvalue weighted by Crippen LogP contribution is 2.53. The molecule has 2 aromatic rings. The molecule has 0 N–H and O–H groups in total. The third-order valence-corrected chi connectivity index (χ3v) is 6.76. The Balaban J connectivity index is 2.66. The molecule has 0 aliphatic heterocycles. The number of carbonyl (C=O) groups is 2. The van der Waals surface area contributed by atoms with Crippen molar-refractivity contribution in [3.63, 3.8) is 0 Å². The Hall–Kier alpha value is -2.85. The van der Waals surface area contributed by atoms with E-state index in [2.05, 4.69) is 4.74 Å². The zero-order valence-corrected chi connectivity index (χ0v) is 19.9. The first-order valence-electron chi connectivity index (χ1n) is 10.0. The van der Waals surface area contributed by atoms with Crippen LogP contribution in [0.3, 0.4) is 0 Å². The lowest BCUT2D eigenvalue weighted by molar-refractivity contribution is -0.156. The number of carbonyl (C=O) groups excluding carboxylic acids is 2. The van der Waals surface area contributed by atoms with Gasteiger partial charge in [-0.25, -0.2) is 9.59 Å². The number of methoxy groups -OCH3 is 1. The van der Waals surface area contributed by atoms with Crippen LogP contribution in [0.5, 0.6) is 0 Å². The van der Waals surface area contributed by atoms with Crippen LogP contribution in [0, 0.1) is 6.92 Å². The monoisotopic (exact) mass is 482 g/mol. The lowest BCUT2D eigenvalue weighted by atomic mass is 10.2. The molecule has 2 rings (SSSR count). The standard InChI is InChI=1S/C21H27N2O9P/c1-6-10-16(32-20(19(26)29-3)33(28,30-4)31-5)22-13-14(2)17(24)23(21(22)27)18(25)15-11-8-7-9-12-15/h7-9,11-13,16,20H,6,10H2,1-5H3. The molecule has 2 unspecified atom stereocenters. The normalized spacial score (nSPS) is 13.4. The van der Waals surface area contributed by atoms with Crippen LogP contribution in [0.15, 0.2) is 46.1 Å².